The second-order valence-electron chi connectivity index (χ2n) is 6.32. The van der Waals surface area contributed by atoms with Crippen LogP contribution in [0.5, 0.6) is 0 Å². The molecule has 128 valence electrons. The van der Waals surface area contributed by atoms with Gasteiger partial charge in [0, 0.05) is 25.8 Å². The zero-order valence-electron chi connectivity index (χ0n) is 14.0. The Morgan fingerprint density at radius 3 is 2.92 bits per heavy atom. The number of aromatic amines is 1. The summed E-state index contributed by atoms with van der Waals surface area (Å²) in [6, 6.07) is 3.96. The van der Waals surface area contributed by atoms with Gasteiger partial charge < -0.3 is 14.8 Å². The van der Waals surface area contributed by atoms with E-state index in [1.54, 1.807) is 6.33 Å². The Bertz CT molecular complexity index is 835. The van der Waals surface area contributed by atoms with Gasteiger partial charge in [-0.15, -0.1) is 12.8 Å². The molecule has 0 saturated carbocycles. The molecule has 1 amide bonds. The van der Waals surface area contributed by atoms with Crippen molar-refractivity contribution < 1.29 is 4.79 Å². The lowest BCUT2D eigenvalue weighted by molar-refractivity contribution is -0.147. The quantitative estimate of drug-likeness (QED) is 0.843. The summed E-state index contributed by atoms with van der Waals surface area (Å²) in [6.07, 6.45) is 14.4. The summed E-state index contributed by atoms with van der Waals surface area (Å²) in [6.45, 7) is 2.47. The zero-order chi connectivity index (χ0) is 17.9. The number of anilines is 1. The number of carbonyl (C=O) groups excluding carboxylic acids is 1. The smallest absolute Gasteiger partial charge is 0.237 e. The third kappa shape index (κ3) is 2.78. The molecule has 0 radical (unpaired) electrons. The van der Waals surface area contributed by atoms with E-state index in [0.717, 1.165) is 55.7 Å². The largest absolute Gasteiger partial charge is 0.354 e. The van der Waals surface area contributed by atoms with Crippen molar-refractivity contribution in [3.63, 3.8) is 0 Å². The van der Waals surface area contributed by atoms with E-state index >= 15 is 0 Å². The van der Waals surface area contributed by atoms with Gasteiger partial charge in [0.05, 0.1) is 17.0 Å². The minimum absolute atomic E-state index is 0.0304. The molecule has 7 heteroatoms. The number of nitrogens with zero attached hydrogens (tertiary/aromatic N) is 5. The zero-order valence-corrected chi connectivity index (χ0v) is 14.0. The molecule has 2 aliphatic heterocycles. The molecule has 2 saturated heterocycles. The number of hydrogen-bond acceptors (Lipinski definition) is 5. The van der Waals surface area contributed by atoms with E-state index in [2.05, 4.69) is 32.7 Å². The summed E-state index contributed by atoms with van der Waals surface area (Å²) in [5, 5.41) is 9.80. The van der Waals surface area contributed by atoms with Gasteiger partial charge >= 0.3 is 0 Å². The first-order valence-corrected chi connectivity index (χ1v) is 8.27. The number of likely N-dealkylation sites (tertiary alicyclic amines) is 1. The second kappa shape index (κ2) is 6.82. The van der Waals surface area contributed by atoms with Gasteiger partial charge in [0.1, 0.15) is 24.2 Å². The molecule has 1 atom stereocenters. The lowest BCUT2D eigenvalue weighted by Gasteiger charge is -2.57. The molecule has 2 aromatic rings. The predicted octanol–water partition coefficient (Wildman–Crippen LogP) is 1.69. The van der Waals surface area contributed by atoms with Crippen LogP contribution in [0.1, 0.15) is 25.7 Å². The first kappa shape index (κ1) is 16.8. The van der Waals surface area contributed by atoms with Crippen LogP contribution in [0.2, 0.25) is 0 Å². The van der Waals surface area contributed by atoms with Crippen LogP contribution < -0.4 is 4.90 Å². The third-order valence-electron chi connectivity index (χ3n) is 5.09. The maximum Gasteiger partial charge on any atom is 0.237 e. The van der Waals surface area contributed by atoms with E-state index in [4.69, 9.17) is 5.26 Å². The van der Waals surface area contributed by atoms with Crippen molar-refractivity contribution in [2.75, 3.05) is 24.5 Å². The number of piperidine rings is 1. The van der Waals surface area contributed by atoms with E-state index in [1.807, 2.05) is 23.2 Å². The summed E-state index contributed by atoms with van der Waals surface area (Å²) in [7, 11) is 0. The number of hydrogen-bond donors (Lipinski definition) is 1. The molecule has 25 heavy (non-hydrogen) atoms. The predicted molar refractivity (Wildman–Crippen MR) is 94.5 cm³/mol. The van der Waals surface area contributed by atoms with Gasteiger partial charge in [-0.05, 0) is 25.3 Å². The van der Waals surface area contributed by atoms with Gasteiger partial charge in [-0.1, -0.05) is 0 Å². The van der Waals surface area contributed by atoms with E-state index in [9.17, 15) is 4.79 Å². The Hall–Kier alpha value is -3.06. The summed E-state index contributed by atoms with van der Waals surface area (Å²) >= 11 is 0. The highest BCUT2D eigenvalue weighted by Gasteiger charge is 2.49. The molecule has 0 unspecified atom stereocenters. The van der Waals surface area contributed by atoms with Crippen LogP contribution in [0.15, 0.2) is 18.6 Å². The first-order chi connectivity index (χ1) is 12.2. The van der Waals surface area contributed by atoms with Crippen LogP contribution in [0.25, 0.3) is 11.0 Å². The molecule has 0 bridgehead atoms. The van der Waals surface area contributed by atoms with Crippen molar-refractivity contribution in [1.82, 2.24) is 19.9 Å². The summed E-state index contributed by atoms with van der Waals surface area (Å²) < 4.78 is 0. The Morgan fingerprint density at radius 2 is 2.20 bits per heavy atom. The Labute approximate surface area is 146 Å². The summed E-state index contributed by atoms with van der Waals surface area (Å²) in [4.78, 5) is 28.2. The molecule has 2 fully saturated rings. The van der Waals surface area contributed by atoms with Gasteiger partial charge in [0.15, 0.2) is 0 Å². The summed E-state index contributed by atoms with van der Waals surface area (Å²) in [5.41, 5.74) is 0.709. The molecule has 2 aromatic heterocycles. The van der Waals surface area contributed by atoms with Gasteiger partial charge in [-0.3, -0.25) is 4.79 Å². The van der Waals surface area contributed by atoms with Crippen molar-refractivity contribution in [1.29, 1.82) is 5.26 Å². The number of carbonyl (C=O) groups is 1. The molecule has 2 aliphatic rings. The van der Waals surface area contributed by atoms with Gasteiger partial charge in [0.2, 0.25) is 5.91 Å². The lowest BCUT2D eigenvalue weighted by Crippen LogP contribution is -2.68. The molecular weight excluding hydrogens is 316 g/mol. The van der Waals surface area contributed by atoms with Crippen molar-refractivity contribution in [3.05, 3.63) is 18.6 Å². The molecule has 0 aromatic carbocycles. The maximum atomic E-state index is 12.2. The third-order valence-corrected chi connectivity index (χ3v) is 5.09. The lowest BCUT2D eigenvalue weighted by atomic mass is 9.77. The fourth-order valence-corrected chi connectivity index (χ4v) is 3.92. The highest BCUT2D eigenvalue weighted by molar-refractivity contribution is 5.87. The fourth-order valence-electron chi connectivity index (χ4n) is 3.92. The number of fused-ring (bicyclic) bond motifs is 1. The van der Waals surface area contributed by atoms with E-state index in [1.165, 1.54) is 0 Å². The number of rotatable bonds is 2. The number of H-pyrrole nitrogens is 1. The molecule has 4 rings (SSSR count). The Kier molecular flexibility index (Phi) is 4.58. The SMILES string of the molecule is C#C.N#CCC(=O)N1CC[C@@]12CCCN(c1ncnc3[nH]ccc13)C2. The highest BCUT2D eigenvalue weighted by atomic mass is 16.2. The summed E-state index contributed by atoms with van der Waals surface area (Å²) in [5.74, 6) is 0.880. The van der Waals surface area contributed by atoms with E-state index in [-0.39, 0.29) is 17.9 Å². The van der Waals surface area contributed by atoms with E-state index < -0.39 is 0 Å². The van der Waals surface area contributed by atoms with Crippen molar-refractivity contribution >= 4 is 22.8 Å². The standard InChI is InChI=1S/C16H18N6O.C2H2/c17-6-2-13(23)22-9-5-16(22)4-1-8-21(10-16)15-12-3-7-18-14(12)19-11-20-15;1-2/h3,7,11H,1-2,4-5,8-10H2,(H,18,19,20);1-2H/t16-;/m1./s1. The average molecular weight is 336 g/mol. The molecule has 4 heterocycles. The van der Waals surface area contributed by atoms with Gasteiger partial charge in [-0.25, -0.2) is 9.97 Å². The van der Waals surface area contributed by atoms with E-state index in [0.29, 0.717) is 0 Å². The van der Waals surface area contributed by atoms with Crippen LogP contribution in [-0.4, -0.2) is 50.9 Å². The van der Waals surface area contributed by atoms with Crippen molar-refractivity contribution in [2.45, 2.75) is 31.2 Å². The number of nitrogens with one attached hydrogen (secondary N) is 1. The number of amides is 1. The van der Waals surface area contributed by atoms with Gasteiger partial charge in [-0.2, -0.15) is 5.26 Å². The number of terminal acetylenes is 1. The molecule has 1 spiro atoms. The second-order valence-corrected chi connectivity index (χ2v) is 6.32. The van der Waals surface area contributed by atoms with Crippen LogP contribution in [0, 0.1) is 24.2 Å². The minimum Gasteiger partial charge on any atom is -0.354 e. The Morgan fingerprint density at radius 1 is 1.36 bits per heavy atom. The van der Waals surface area contributed by atoms with Crippen LogP contribution >= 0.6 is 0 Å². The minimum atomic E-state index is -0.125. The highest BCUT2D eigenvalue weighted by Crippen LogP contribution is 2.40. The van der Waals surface area contributed by atoms with Crippen LogP contribution in [0.4, 0.5) is 5.82 Å². The van der Waals surface area contributed by atoms with Crippen LogP contribution in [-0.2, 0) is 4.79 Å². The fraction of sp³-hybridized carbons (Fsp3) is 0.444. The number of nitriles is 1. The van der Waals surface area contributed by atoms with Crippen molar-refractivity contribution in [3.8, 4) is 18.9 Å². The molecule has 0 aliphatic carbocycles. The monoisotopic (exact) mass is 336 g/mol. The maximum absolute atomic E-state index is 12.2. The molecule has 7 nitrogen and oxygen atoms in total. The first-order valence-electron chi connectivity index (χ1n) is 8.27. The number of aromatic nitrogens is 3. The molecular formula is C18H20N6O. The van der Waals surface area contributed by atoms with Gasteiger partial charge in [0.25, 0.3) is 0 Å². The Balaban J connectivity index is 0.000000880. The topological polar surface area (TPSA) is 88.9 Å². The molecule has 1 N–H and O–H groups in total. The van der Waals surface area contributed by atoms with Crippen molar-refractivity contribution in [2.24, 2.45) is 0 Å². The van der Waals surface area contributed by atoms with Crippen LogP contribution in [0.3, 0.4) is 0 Å². The normalized spacial score (nSPS) is 22.0. The average Bonchev–Trinajstić information content (AvgIpc) is 3.11.